The number of benzene rings is 1. The molecule has 1 amide bonds. The number of thioether (sulfide) groups is 1. The van der Waals surface area contributed by atoms with Gasteiger partial charge in [0.2, 0.25) is 5.91 Å². The monoisotopic (exact) mass is 401 g/mol. The van der Waals surface area contributed by atoms with Crippen LogP contribution in [-0.2, 0) is 17.6 Å². The Hall–Kier alpha value is -1.99. The third-order valence-corrected chi connectivity index (χ3v) is 7.09. The number of hydrogen-bond donors (Lipinski definition) is 1. The number of fused-ring (bicyclic) bond motifs is 3. The number of aryl methyl sites for hydroxylation is 1. The number of anilines is 1. The first-order chi connectivity index (χ1) is 13.0. The van der Waals surface area contributed by atoms with Crippen LogP contribution in [0.15, 0.2) is 35.6 Å². The molecule has 3 aromatic rings. The minimum Gasteiger partial charge on any atom is -0.325 e. The van der Waals surface area contributed by atoms with Crippen molar-refractivity contribution in [1.29, 1.82) is 0 Å². The first kappa shape index (κ1) is 18.4. The van der Waals surface area contributed by atoms with Crippen molar-refractivity contribution in [3.05, 3.63) is 46.9 Å². The number of nitrogens with one attached hydrogen (secondary N) is 1. The average molecular weight is 402 g/mol. The first-order valence-corrected chi connectivity index (χ1v) is 10.7. The lowest BCUT2D eigenvalue weighted by molar-refractivity contribution is -0.115. The van der Waals surface area contributed by atoms with Crippen molar-refractivity contribution in [2.75, 3.05) is 5.32 Å². The highest BCUT2D eigenvalue weighted by Gasteiger charge is 2.25. The summed E-state index contributed by atoms with van der Waals surface area (Å²) in [6.07, 6.45) is 4.91. The molecular formula is C20H20FN3OS2. The third-order valence-electron chi connectivity index (χ3n) is 4.83. The minimum absolute atomic E-state index is 0.129. The van der Waals surface area contributed by atoms with Crippen molar-refractivity contribution in [3.63, 3.8) is 0 Å². The van der Waals surface area contributed by atoms with Crippen LogP contribution in [0.3, 0.4) is 0 Å². The topological polar surface area (TPSA) is 54.9 Å². The number of halogens is 1. The molecule has 2 heterocycles. The van der Waals surface area contributed by atoms with Gasteiger partial charge >= 0.3 is 0 Å². The van der Waals surface area contributed by atoms with E-state index < -0.39 is 0 Å². The number of hydrogen-bond acceptors (Lipinski definition) is 5. The van der Waals surface area contributed by atoms with Crippen LogP contribution >= 0.6 is 23.1 Å². The predicted molar refractivity (Wildman–Crippen MR) is 109 cm³/mol. The van der Waals surface area contributed by atoms with E-state index in [4.69, 9.17) is 0 Å². The second kappa shape index (κ2) is 7.56. The van der Waals surface area contributed by atoms with Gasteiger partial charge in [-0.2, -0.15) is 0 Å². The summed E-state index contributed by atoms with van der Waals surface area (Å²) in [6, 6.07) is 5.79. The van der Waals surface area contributed by atoms with Crippen LogP contribution in [0.1, 0.15) is 30.7 Å². The molecule has 0 radical (unpaired) electrons. The van der Waals surface area contributed by atoms with Gasteiger partial charge in [-0.05, 0) is 61.9 Å². The van der Waals surface area contributed by atoms with Crippen LogP contribution in [0.4, 0.5) is 10.1 Å². The Labute approximate surface area is 165 Å². The van der Waals surface area contributed by atoms with Crippen molar-refractivity contribution in [1.82, 2.24) is 9.97 Å². The Morgan fingerprint density at radius 1 is 1.33 bits per heavy atom. The Morgan fingerprint density at radius 3 is 2.89 bits per heavy atom. The maximum atomic E-state index is 13.0. The molecule has 1 N–H and O–H groups in total. The largest absolute Gasteiger partial charge is 0.325 e. The van der Waals surface area contributed by atoms with Crippen LogP contribution in [0.25, 0.3) is 10.2 Å². The summed E-state index contributed by atoms with van der Waals surface area (Å²) in [4.78, 5) is 23.9. The molecule has 27 heavy (non-hydrogen) atoms. The maximum absolute atomic E-state index is 13.0. The molecule has 1 aromatic carbocycles. The van der Waals surface area contributed by atoms with Crippen molar-refractivity contribution in [3.8, 4) is 0 Å². The molecule has 1 aliphatic carbocycles. The van der Waals surface area contributed by atoms with E-state index in [1.54, 1.807) is 29.8 Å². The first-order valence-electron chi connectivity index (χ1n) is 8.99. The number of thiophene rings is 1. The molecule has 4 rings (SSSR count). The van der Waals surface area contributed by atoms with Gasteiger partial charge in [0.05, 0.1) is 5.25 Å². The van der Waals surface area contributed by atoms with E-state index in [1.165, 1.54) is 40.8 Å². The minimum atomic E-state index is -0.328. The van der Waals surface area contributed by atoms with Gasteiger partial charge in [0.15, 0.2) is 0 Å². The van der Waals surface area contributed by atoms with Crippen LogP contribution in [0.2, 0.25) is 0 Å². The van der Waals surface area contributed by atoms with E-state index in [2.05, 4.69) is 22.2 Å². The molecule has 0 aliphatic heterocycles. The summed E-state index contributed by atoms with van der Waals surface area (Å²) in [5, 5.41) is 4.49. The quantitative estimate of drug-likeness (QED) is 0.490. The molecule has 0 fully saturated rings. The van der Waals surface area contributed by atoms with Crippen molar-refractivity contribution >= 4 is 44.9 Å². The Kier molecular flexibility index (Phi) is 5.14. The zero-order valence-electron chi connectivity index (χ0n) is 15.2. The summed E-state index contributed by atoms with van der Waals surface area (Å²) >= 11 is 3.21. The van der Waals surface area contributed by atoms with Gasteiger partial charge in [0.1, 0.15) is 22.0 Å². The normalized spacial score (nSPS) is 17.5. The fourth-order valence-electron chi connectivity index (χ4n) is 3.33. The highest BCUT2D eigenvalue weighted by Crippen LogP contribution is 2.41. The van der Waals surface area contributed by atoms with Crippen LogP contribution in [-0.4, -0.2) is 21.1 Å². The molecule has 2 aromatic heterocycles. The smallest absolute Gasteiger partial charge is 0.237 e. The molecule has 0 unspecified atom stereocenters. The Bertz CT molecular complexity index is 987. The third kappa shape index (κ3) is 3.84. The number of nitrogens with zero attached hydrogens (tertiary/aromatic N) is 2. The molecule has 0 bridgehead atoms. The summed E-state index contributed by atoms with van der Waals surface area (Å²) in [5.74, 6) is 0.251. The van der Waals surface area contributed by atoms with E-state index in [9.17, 15) is 9.18 Å². The molecule has 2 atom stereocenters. The molecule has 140 valence electrons. The van der Waals surface area contributed by atoms with Gasteiger partial charge in [-0.15, -0.1) is 11.3 Å². The summed E-state index contributed by atoms with van der Waals surface area (Å²) in [7, 11) is 0. The molecule has 4 nitrogen and oxygen atoms in total. The summed E-state index contributed by atoms with van der Waals surface area (Å²) < 4.78 is 13.0. The predicted octanol–water partition coefficient (Wildman–Crippen LogP) is 5.07. The molecule has 0 spiro atoms. The van der Waals surface area contributed by atoms with E-state index in [-0.39, 0.29) is 17.0 Å². The summed E-state index contributed by atoms with van der Waals surface area (Å²) in [6.45, 7) is 4.15. The highest BCUT2D eigenvalue weighted by molar-refractivity contribution is 8.00. The van der Waals surface area contributed by atoms with Gasteiger partial charge in [0, 0.05) is 16.0 Å². The number of rotatable bonds is 4. The van der Waals surface area contributed by atoms with E-state index >= 15 is 0 Å². The lowest BCUT2D eigenvalue weighted by atomic mass is 9.89. The van der Waals surface area contributed by atoms with Gasteiger partial charge in [-0.3, -0.25) is 4.79 Å². The fourth-order valence-corrected chi connectivity index (χ4v) is 5.70. The zero-order valence-corrected chi connectivity index (χ0v) is 16.8. The van der Waals surface area contributed by atoms with Crippen LogP contribution < -0.4 is 5.32 Å². The summed E-state index contributed by atoms with van der Waals surface area (Å²) in [5.41, 5.74) is 1.95. The van der Waals surface area contributed by atoms with E-state index in [0.29, 0.717) is 11.6 Å². The van der Waals surface area contributed by atoms with Crippen molar-refractivity contribution < 1.29 is 9.18 Å². The Balaban J connectivity index is 1.56. The zero-order chi connectivity index (χ0) is 19.0. The number of aromatic nitrogens is 2. The van der Waals surface area contributed by atoms with Crippen LogP contribution in [0.5, 0.6) is 0 Å². The number of carbonyl (C=O) groups excluding carboxylic acids is 1. The Morgan fingerprint density at radius 2 is 2.11 bits per heavy atom. The molecular weight excluding hydrogens is 381 g/mol. The lowest BCUT2D eigenvalue weighted by Gasteiger charge is -2.18. The molecule has 1 aliphatic rings. The fraction of sp³-hybridized carbons (Fsp3) is 0.350. The SMILES string of the molecule is C[C@H]1CCc2c(sc3ncnc(S[C@@H](C)C(=O)Nc4ccc(F)cc4)c23)C1. The average Bonchev–Trinajstić information content (AvgIpc) is 3.01. The van der Waals surface area contributed by atoms with E-state index in [1.807, 2.05) is 6.92 Å². The number of carbonyl (C=O) groups is 1. The van der Waals surface area contributed by atoms with Crippen LogP contribution in [0, 0.1) is 11.7 Å². The van der Waals surface area contributed by atoms with Gasteiger partial charge in [-0.1, -0.05) is 18.7 Å². The van der Waals surface area contributed by atoms with E-state index in [0.717, 1.165) is 28.1 Å². The highest BCUT2D eigenvalue weighted by atomic mass is 32.2. The second-order valence-electron chi connectivity index (χ2n) is 6.97. The molecule has 0 saturated heterocycles. The standard InChI is InChI=1S/C20H20FN3OS2/c1-11-3-8-15-16(9-11)27-20-17(15)19(22-10-23-20)26-12(2)18(25)24-14-6-4-13(21)5-7-14/h4-7,10-12H,3,8-9H2,1-2H3,(H,24,25)/t11-,12-/m0/s1. The van der Waals surface area contributed by atoms with Gasteiger partial charge in [0.25, 0.3) is 0 Å². The van der Waals surface area contributed by atoms with Crippen molar-refractivity contribution in [2.24, 2.45) is 5.92 Å². The maximum Gasteiger partial charge on any atom is 0.237 e. The van der Waals surface area contributed by atoms with Gasteiger partial charge in [-0.25, -0.2) is 14.4 Å². The van der Waals surface area contributed by atoms with Gasteiger partial charge < -0.3 is 5.32 Å². The molecule has 0 saturated carbocycles. The number of amides is 1. The molecule has 7 heteroatoms. The lowest BCUT2D eigenvalue weighted by Crippen LogP contribution is -2.22. The second-order valence-corrected chi connectivity index (χ2v) is 9.38. The van der Waals surface area contributed by atoms with Crippen molar-refractivity contribution in [2.45, 2.75) is 43.4 Å².